The maximum Gasteiger partial charge on any atom is 0.0659 e. The molecule has 1 rings (SSSR count). The largest absolute Gasteiger partial charge is 0.198 e. The Balaban J connectivity index is 2.61. The van der Waals surface area contributed by atoms with Gasteiger partial charge in [-0.25, -0.2) is 0 Å². The van der Waals surface area contributed by atoms with Gasteiger partial charge in [0.05, 0.1) is 12.0 Å². The summed E-state index contributed by atoms with van der Waals surface area (Å²) >= 11 is 1.87. The molecule has 2 heteroatoms. The van der Waals surface area contributed by atoms with Crippen molar-refractivity contribution in [2.75, 3.05) is 0 Å². The molecule has 0 bridgehead atoms. The van der Waals surface area contributed by atoms with Crippen LogP contribution in [0.5, 0.6) is 0 Å². The molecule has 0 amide bonds. The predicted molar refractivity (Wildman–Crippen MR) is 70.5 cm³/mol. The number of nitriles is 1. The van der Waals surface area contributed by atoms with Gasteiger partial charge in [-0.2, -0.15) is 5.26 Å². The molecule has 0 aromatic heterocycles. The molecule has 0 N–H and O–H groups in total. The highest BCUT2D eigenvalue weighted by atomic mass is 32.2. The molecule has 0 radical (unpaired) electrons. The minimum absolute atomic E-state index is 0.156. The van der Waals surface area contributed by atoms with Gasteiger partial charge in [0.1, 0.15) is 0 Å². The van der Waals surface area contributed by atoms with Crippen LogP contribution in [0.25, 0.3) is 0 Å². The lowest BCUT2D eigenvalue weighted by Crippen LogP contribution is -1.99. The molecule has 1 aromatic carbocycles. The van der Waals surface area contributed by atoms with Crippen molar-refractivity contribution < 1.29 is 0 Å². The van der Waals surface area contributed by atoms with E-state index in [1.54, 1.807) is 0 Å². The third kappa shape index (κ3) is 4.28. The molecule has 0 spiro atoms. The van der Waals surface area contributed by atoms with Crippen LogP contribution in [0.15, 0.2) is 29.2 Å². The summed E-state index contributed by atoms with van der Waals surface area (Å²) in [5.41, 5.74) is 1.27. The van der Waals surface area contributed by atoms with Crippen LogP contribution in [-0.2, 0) is 6.42 Å². The monoisotopic (exact) mass is 233 g/mol. The van der Waals surface area contributed by atoms with Crippen LogP contribution in [0.2, 0.25) is 0 Å². The van der Waals surface area contributed by atoms with Crippen molar-refractivity contribution >= 4 is 11.8 Å². The highest BCUT2D eigenvalue weighted by molar-refractivity contribution is 7.99. The van der Waals surface area contributed by atoms with Gasteiger partial charge in [-0.1, -0.05) is 32.9 Å². The topological polar surface area (TPSA) is 23.8 Å². The van der Waals surface area contributed by atoms with Gasteiger partial charge in [-0.15, -0.1) is 11.8 Å². The lowest BCUT2D eigenvalue weighted by molar-refractivity contribution is 0.638. The van der Waals surface area contributed by atoms with Crippen molar-refractivity contribution in [1.29, 1.82) is 5.26 Å². The molecule has 0 saturated heterocycles. The van der Waals surface area contributed by atoms with Crippen molar-refractivity contribution in [1.82, 2.24) is 0 Å². The number of benzene rings is 1. The fraction of sp³-hybridized carbons (Fsp3) is 0.500. The van der Waals surface area contributed by atoms with Crippen LogP contribution >= 0.6 is 11.8 Å². The maximum atomic E-state index is 8.91. The Morgan fingerprint density at radius 3 is 2.31 bits per heavy atom. The van der Waals surface area contributed by atoms with Gasteiger partial charge >= 0.3 is 0 Å². The average molecular weight is 233 g/mol. The second-order valence-corrected chi connectivity index (χ2v) is 5.90. The highest BCUT2D eigenvalue weighted by Gasteiger charge is 2.06. The third-order valence-electron chi connectivity index (χ3n) is 2.45. The first-order valence-corrected chi connectivity index (χ1v) is 6.68. The minimum atomic E-state index is 0.156. The molecule has 1 unspecified atom stereocenters. The molecule has 86 valence electrons. The molecule has 0 fully saturated rings. The molecule has 1 nitrogen and oxygen atoms in total. The van der Waals surface area contributed by atoms with Crippen molar-refractivity contribution in [3.05, 3.63) is 29.8 Å². The number of hydrogen-bond donors (Lipinski definition) is 0. The summed E-state index contributed by atoms with van der Waals surface area (Å²) in [7, 11) is 0. The lowest BCUT2D eigenvalue weighted by Gasteiger charge is -2.08. The summed E-state index contributed by atoms with van der Waals surface area (Å²) in [6.45, 7) is 6.46. The first-order chi connectivity index (χ1) is 7.65. The molecule has 1 atom stereocenters. The van der Waals surface area contributed by atoms with Gasteiger partial charge in [0, 0.05) is 10.1 Å². The lowest BCUT2D eigenvalue weighted by atomic mass is 9.99. The van der Waals surface area contributed by atoms with E-state index in [-0.39, 0.29) is 5.92 Å². The molecular formula is C14H19NS. The zero-order valence-electron chi connectivity index (χ0n) is 10.2. The van der Waals surface area contributed by atoms with Crippen LogP contribution in [-0.4, -0.2) is 5.25 Å². The Hall–Kier alpha value is -0.940. The predicted octanol–water partition coefficient (Wildman–Crippen LogP) is 4.28. The van der Waals surface area contributed by atoms with Crippen LogP contribution in [0, 0.1) is 17.2 Å². The third-order valence-corrected chi connectivity index (χ3v) is 3.47. The molecule has 1 aromatic rings. The van der Waals surface area contributed by atoms with Crippen LogP contribution in [0.1, 0.15) is 32.8 Å². The van der Waals surface area contributed by atoms with E-state index < -0.39 is 0 Å². The molecule has 0 aliphatic rings. The van der Waals surface area contributed by atoms with Crippen molar-refractivity contribution in [3.63, 3.8) is 0 Å². The summed E-state index contributed by atoms with van der Waals surface area (Å²) in [5, 5.41) is 9.53. The summed E-state index contributed by atoms with van der Waals surface area (Å²) in [4.78, 5) is 1.31. The maximum absolute atomic E-state index is 8.91. The van der Waals surface area contributed by atoms with E-state index in [0.717, 1.165) is 12.8 Å². The van der Waals surface area contributed by atoms with Crippen molar-refractivity contribution in [2.45, 2.75) is 43.8 Å². The zero-order chi connectivity index (χ0) is 12.0. The van der Waals surface area contributed by atoms with E-state index in [4.69, 9.17) is 5.26 Å². The SMILES string of the molecule is CCC(C#N)Cc1ccc(SC(C)C)cc1. The Labute approximate surface area is 103 Å². The van der Waals surface area contributed by atoms with Gasteiger partial charge in [0.15, 0.2) is 0 Å². The summed E-state index contributed by atoms with van der Waals surface area (Å²) in [5.74, 6) is 0.156. The van der Waals surface area contributed by atoms with Gasteiger partial charge in [-0.3, -0.25) is 0 Å². The molecule has 0 heterocycles. The first-order valence-electron chi connectivity index (χ1n) is 5.81. The van der Waals surface area contributed by atoms with E-state index in [1.807, 2.05) is 11.8 Å². The average Bonchev–Trinajstić information content (AvgIpc) is 2.27. The molecule has 0 aliphatic heterocycles. The van der Waals surface area contributed by atoms with E-state index in [1.165, 1.54) is 10.5 Å². The highest BCUT2D eigenvalue weighted by Crippen LogP contribution is 2.23. The number of nitrogens with zero attached hydrogens (tertiary/aromatic N) is 1. The zero-order valence-corrected chi connectivity index (χ0v) is 11.1. The van der Waals surface area contributed by atoms with Crippen molar-refractivity contribution in [2.24, 2.45) is 5.92 Å². The van der Waals surface area contributed by atoms with Gasteiger partial charge in [0.2, 0.25) is 0 Å². The fourth-order valence-corrected chi connectivity index (χ4v) is 2.38. The number of rotatable bonds is 5. The second kappa shape index (κ2) is 6.60. The summed E-state index contributed by atoms with van der Waals surface area (Å²) < 4.78 is 0. The quantitative estimate of drug-likeness (QED) is 0.709. The van der Waals surface area contributed by atoms with E-state index in [2.05, 4.69) is 51.1 Å². The van der Waals surface area contributed by atoms with E-state index in [0.29, 0.717) is 5.25 Å². The van der Waals surface area contributed by atoms with Gasteiger partial charge in [0.25, 0.3) is 0 Å². The molecule has 0 aliphatic carbocycles. The molecule has 0 saturated carbocycles. The minimum Gasteiger partial charge on any atom is -0.198 e. The van der Waals surface area contributed by atoms with Crippen LogP contribution < -0.4 is 0 Å². The van der Waals surface area contributed by atoms with Gasteiger partial charge < -0.3 is 0 Å². The summed E-state index contributed by atoms with van der Waals surface area (Å²) in [6, 6.07) is 10.9. The Kier molecular flexibility index (Phi) is 5.42. The second-order valence-electron chi connectivity index (χ2n) is 4.25. The fourth-order valence-electron chi connectivity index (χ4n) is 1.54. The first kappa shape index (κ1) is 13.1. The normalized spacial score (nSPS) is 12.4. The standard InChI is InChI=1S/C14H19NS/c1-4-12(10-15)9-13-5-7-14(8-6-13)16-11(2)3/h5-8,11-12H,4,9H2,1-3H3. The Morgan fingerprint density at radius 1 is 1.25 bits per heavy atom. The molecule has 16 heavy (non-hydrogen) atoms. The Morgan fingerprint density at radius 2 is 1.88 bits per heavy atom. The smallest absolute Gasteiger partial charge is 0.0659 e. The van der Waals surface area contributed by atoms with Crippen molar-refractivity contribution in [3.8, 4) is 6.07 Å². The summed E-state index contributed by atoms with van der Waals surface area (Å²) in [6.07, 6.45) is 1.80. The van der Waals surface area contributed by atoms with E-state index >= 15 is 0 Å². The van der Waals surface area contributed by atoms with Gasteiger partial charge in [-0.05, 0) is 30.5 Å². The molecular weight excluding hydrogens is 214 g/mol. The number of thioether (sulfide) groups is 1. The van der Waals surface area contributed by atoms with Crippen LogP contribution in [0.4, 0.5) is 0 Å². The van der Waals surface area contributed by atoms with E-state index in [9.17, 15) is 0 Å². The number of hydrogen-bond acceptors (Lipinski definition) is 2. The van der Waals surface area contributed by atoms with Crippen LogP contribution in [0.3, 0.4) is 0 Å². The Bertz CT molecular complexity index is 348.